The van der Waals surface area contributed by atoms with Gasteiger partial charge in [-0.1, -0.05) is 42.5 Å². The molecule has 5 rings (SSSR count). The van der Waals surface area contributed by atoms with E-state index in [9.17, 15) is 19.1 Å². The van der Waals surface area contributed by atoms with Crippen LogP contribution in [0.4, 0.5) is 4.39 Å². The minimum absolute atomic E-state index is 0.00293. The summed E-state index contributed by atoms with van der Waals surface area (Å²) in [6.07, 6.45) is 1.95. The number of halogens is 1. The Morgan fingerprint density at radius 1 is 1.09 bits per heavy atom. The molecule has 168 valence electrons. The summed E-state index contributed by atoms with van der Waals surface area (Å²) >= 11 is 0. The molecule has 3 aromatic carbocycles. The van der Waals surface area contributed by atoms with E-state index in [1.165, 1.54) is 12.1 Å². The van der Waals surface area contributed by atoms with Crippen molar-refractivity contribution in [2.45, 2.75) is 45.3 Å². The molecule has 0 saturated heterocycles. The minimum Gasteiger partial charge on any atom is -0.480 e. The number of benzene rings is 3. The van der Waals surface area contributed by atoms with Crippen LogP contribution in [0.3, 0.4) is 0 Å². The third kappa shape index (κ3) is 3.86. The Morgan fingerprint density at radius 3 is 2.67 bits per heavy atom. The van der Waals surface area contributed by atoms with Gasteiger partial charge in [0.25, 0.3) is 0 Å². The first-order chi connectivity index (χ1) is 15.9. The van der Waals surface area contributed by atoms with Crippen molar-refractivity contribution in [1.29, 1.82) is 0 Å². The van der Waals surface area contributed by atoms with E-state index >= 15 is 0 Å². The Bertz CT molecular complexity index is 1390. The highest BCUT2D eigenvalue weighted by Crippen LogP contribution is 2.35. The number of carbonyl (C=O) groups excluding carboxylic acids is 1. The van der Waals surface area contributed by atoms with Gasteiger partial charge < -0.3 is 14.6 Å². The molecule has 1 aromatic heterocycles. The lowest BCUT2D eigenvalue weighted by molar-refractivity contribution is -0.137. The standard InChI is InChI=1S/C27H25FN2O3/c1-17(31)29(15-19-7-4-6-18-5-2-3-8-22(18)19)21-10-12-26-24(14-21)23-13-20(28)9-11-25(23)30(26)16-27(32)33/h2-9,11,13,21H,10,12,14-16H2,1H3,(H,32,33)/t21-/m0/s1. The van der Waals surface area contributed by atoms with Crippen molar-refractivity contribution >= 4 is 33.6 Å². The second kappa shape index (κ2) is 8.35. The van der Waals surface area contributed by atoms with E-state index in [2.05, 4.69) is 24.3 Å². The van der Waals surface area contributed by atoms with Gasteiger partial charge in [0.1, 0.15) is 12.4 Å². The fourth-order valence-electron chi connectivity index (χ4n) is 5.30. The Kier molecular flexibility index (Phi) is 5.36. The molecule has 1 atom stereocenters. The lowest BCUT2D eigenvalue weighted by Crippen LogP contribution is -2.42. The Labute approximate surface area is 191 Å². The lowest BCUT2D eigenvalue weighted by atomic mass is 9.89. The topological polar surface area (TPSA) is 62.5 Å². The van der Waals surface area contributed by atoms with E-state index in [1.807, 2.05) is 23.1 Å². The minimum atomic E-state index is -0.928. The van der Waals surface area contributed by atoms with Crippen LogP contribution in [-0.2, 0) is 35.5 Å². The van der Waals surface area contributed by atoms with Crippen LogP contribution in [0.15, 0.2) is 60.7 Å². The zero-order valence-corrected chi connectivity index (χ0v) is 18.4. The molecule has 0 fully saturated rings. The number of hydrogen-bond acceptors (Lipinski definition) is 2. The number of carbonyl (C=O) groups is 2. The highest BCUT2D eigenvalue weighted by Gasteiger charge is 2.31. The number of rotatable bonds is 5. The van der Waals surface area contributed by atoms with E-state index < -0.39 is 5.97 Å². The second-order valence-corrected chi connectivity index (χ2v) is 8.75. The van der Waals surface area contributed by atoms with Gasteiger partial charge in [-0.2, -0.15) is 0 Å². The molecule has 0 unspecified atom stereocenters. The van der Waals surface area contributed by atoms with E-state index in [4.69, 9.17) is 0 Å². The summed E-state index contributed by atoms with van der Waals surface area (Å²) < 4.78 is 15.9. The number of amides is 1. The zero-order chi connectivity index (χ0) is 23.1. The molecule has 1 N–H and O–H groups in total. The summed E-state index contributed by atoms with van der Waals surface area (Å²) in [6.45, 7) is 1.93. The summed E-state index contributed by atoms with van der Waals surface area (Å²) in [5.41, 5.74) is 3.70. The summed E-state index contributed by atoms with van der Waals surface area (Å²) in [5, 5.41) is 12.4. The first-order valence-corrected chi connectivity index (χ1v) is 11.2. The van der Waals surface area contributed by atoms with Crippen LogP contribution in [0.2, 0.25) is 0 Å². The maximum absolute atomic E-state index is 14.1. The van der Waals surface area contributed by atoms with Crippen molar-refractivity contribution in [2.75, 3.05) is 0 Å². The average molecular weight is 445 g/mol. The zero-order valence-electron chi connectivity index (χ0n) is 18.4. The van der Waals surface area contributed by atoms with Gasteiger partial charge in [0.05, 0.1) is 0 Å². The van der Waals surface area contributed by atoms with E-state index in [0.29, 0.717) is 19.4 Å². The predicted molar refractivity (Wildman–Crippen MR) is 126 cm³/mol. The number of hydrogen-bond donors (Lipinski definition) is 1. The van der Waals surface area contributed by atoms with Crippen LogP contribution in [0, 0.1) is 5.82 Å². The molecular formula is C27H25FN2O3. The number of carboxylic acid groups (broad SMARTS) is 1. The number of fused-ring (bicyclic) bond motifs is 4. The Hall–Kier alpha value is -3.67. The molecule has 5 nitrogen and oxygen atoms in total. The molecule has 1 heterocycles. The second-order valence-electron chi connectivity index (χ2n) is 8.75. The monoisotopic (exact) mass is 444 g/mol. The van der Waals surface area contributed by atoms with Gasteiger partial charge in [0.2, 0.25) is 5.91 Å². The maximum atomic E-state index is 14.1. The van der Waals surface area contributed by atoms with Gasteiger partial charge in [-0.05, 0) is 59.4 Å². The first-order valence-electron chi connectivity index (χ1n) is 11.2. The molecular weight excluding hydrogens is 419 g/mol. The van der Waals surface area contributed by atoms with E-state index in [0.717, 1.165) is 44.9 Å². The molecule has 0 spiro atoms. The highest BCUT2D eigenvalue weighted by molar-refractivity contribution is 5.88. The average Bonchev–Trinajstić information content (AvgIpc) is 3.09. The third-order valence-corrected chi connectivity index (χ3v) is 6.76. The summed E-state index contributed by atoms with van der Waals surface area (Å²) in [6, 6.07) is 18.7. The molecule has 0 aliphatic heterocycles. The number of aromatic nitrogens is 1. The van der Waals surface area contributed by atoms with Crippen LogP contribution in [0.1, 0.15) is 30.2 Å². The summed E-state index contributed by atoms with van der Waals surface area (Å²) in [4.78, 5) is 26.1. The molecule has 1 aliphatic rings. The largest absolute Gasteiger partial charge is 0.480 e. The number of carboxylic acids is 1. The summed E-state index contributed by atoms with van der Waals surface area (Å²) in [7, 11) is 0. The SMILES string of the molecule is CC(=O)N(Cc1cccc2ccccc12)[C@H]1CCc2c(c3cc(F)ccc3n2CC(=O)O)C1. The smallest absolute Gasteiger partial charge is 0.323 e. The van der Waals surface area contributed by atoms with Crippen molar-refractivity contribution in [2.24, 2.45) is 0 Å². The van der Waals surface area contributed by atoms with Crippen LogP contribution in [-0.4, -0.2) is 32.5 Å². The molecule has 1 aliphatic carbocycles. The van der Waals surface area contributed by atoms with Gasteiger partial charge >= 0.3 is 5.97 Å². The van der Waals surface area contributed by atoms with Crippen LogP contribution >= 0.6 is 0 Å². The fourth-order valence-corrected chi connectivity index (χ4v) is 5.30. The van der Waals surface area contributed by atoms with Gasteiger partial charge in [0, 0.05) is 36.1 Å². The molecule has 0 radical (unpaired) electrons. The fraction of sp³-hybridized carbons (Fsp3) is 0.259. The molecule has 0 saturated carbocycles. The molecule has 1 amide bonds. The van der Waals surface area contributed by atoms with E-state index in [1.54, 1.807) is 17.6 Å². The van der Waals surface area contributed by atoms with Crippen LogP contribution in [0.25, 0.3) is 21.7 Å². The number of aliphatic carboxylic acids is 1. The van der Waals surface area contributed by atoms with E-state index in [-0.39, 0.29) is 24.3 Å². The third-order valence-electron chi connectivity index (χ3n) is 6.76. The molecule has 33 heavy (non-hydrogen) atoms. The Morgan fingerprint density at radius 2 is 1.88 bits per heavy atom. The quantitative estimate of drug-likeness (QED) is 0.475. The normalized spacial score (nSPS) is 15.5. The van der Waals surface area contributed by atoms with Gasteiger partial charge in [0.15, 0.2) is 0 Å². The predicted octanol–water partition coefficient (Wildman–Crippen LogP) is 4.92. The van der Waals surface area contributed by atoms with Gasteiger partial charge in [-0.25, -0.2) is 4.39 Å². The lowest BCUT2D eigenvalue weighted by Gasteiger charge is -2.34. The van der Waals surface area contributed by atoms with Crippen LogP contribution < -0.4 is 0 Å². The first kappa shape index (κ1) is 21.2. The summed E-state index contributed by atoms with van der Waals surface area (Å²) in [5.74, 6) is -1.28. The van der Waals surface area contributed by atoms with Crippen molar-refractivity contribution in [3.8, 4) is 0 Å². The molecule has 4 aromatic rings. The van der Waals surface area contributed by atoms with Gasteiger partial charge in [-0.3, -0.25) is 9.59 Å². The van der Waals surface area contributed by atoms with Crippen molar-refractivity contribution in [3.05, 3.63) is 83.3 Å². The van der Waals surface area contributed by atoms with Crippen molar-refractivity contribution in [3.63, 3.8) is 0 Å². The molecule has 0 bridgehead atoms. The van der Waals surface area contributed by atoms with Gasteiger partial charge in [-0.15, -0.1) is 0 Å². The number of nitrogens with zero attached hydrogens (tertiary/aromatic N) is 2. The maximum Gasteiger partial charge on any atom is 0.323 e. The highest BCUT2D eigenvalue weighted by atomic mass is 19.1. The Balaban J connectivity index is 1.52. The van der Waals surface area contributed by atoms with Crippen molar-refractivity contribution in [1.82, 2.24) is 9.47 Å². The van der Waals surface area contributed by atoms with Crippen molar-refractivity contribution < 1.29 is 19.1 Å². The molecule has 6 heteroatoms. The van der Waals surface area contributed by atoms with Crippen LogP contribution in [0.5, 0.6) is 0 Å².